The van der Waals surface area contributed by atoms with Gasteiger partial charge in [-0.2, -0.15) is 0 Å². The number of nitrogens with one attached hydrogen (secondary N) is 2. The Labute approximate surface area is 164 Å². The van der Waals surface area contributed by atoms with E-state index in [0.29, 0.717) is 24.2 Å². The third kappa shape index (κ3) is 4.97. The molecule has 0 radical (unpaired) electrons. The molecule has 0 unspecified atom stereocenters. The van der Waals surface area contributed by atoms with Crippen molar-refractivity contribution in [3.05, 3.63) is 59.7 Å². The molecule has 1 heterocycles. The second-order valence-electron chi connectivity index (χ2n) is 6.87. The molecule has 1 fully saturated rings. The van der Waals surface area contributed by atoms with E-state index < -0.39 is 0 Å². The van der Waals surface area contributed by atoms with Gasteiger partial charge in [0.25, 0.3) is 5.91 Å². The largest absolute Gasteiger partial charge is 0.343 e. The van der Waals surface area contributed by atoms with Crippen molar-refractivity contribution in [1.29, 1.82) is 0 Å². The molecule has 6 heteroatoms. The van der Waals surface area contributed by atoms with E-state index in [-0.39, 0.29) is 24.3 Å². The Bertz CT molecular complexity index is 844. The van der Waals surface area contributed by atoms with Crippen LogP contribution >= 0.6 is 0 Å². The molecule has 2 aromatic carbocycles. The summed E-state index contributed by atoms with van der Waals surface area (Å²) >= 11 is 0. The van der Waals surface area contributed by atoms with Crippen LogP contribution in [0.2, 0.25) is 0 Å². The van der Waals surface area contributed by atoms with Crippen LogP contribution in [-0.2, 0) is 16.0 Å². The van der Waals surface area contributed by atoms with Crippen molar-refractivity contribution in [2.75, 3.05) is 23.3 Å². The zero-order valence-corrected chi connectivity index (χ0v) is 16.0. The summed E-state index contributed by atoms with van der Waals surface area (Å²) in [6.45, 7) is 2.73. The Balaban J connectivity index is 1.49. The lowest BCUT2D eigenvalue weighted by Crippen LogP contribution is -2.32. The minimum atomic E-state index is -0.326. The van der Waals surface area contributed by atoms with Crippen LogP contribution in [0.5, 0.6) is 0 Å². The van der Waals surface area contributed by atoms with E-state index in [9.17, 15) is 14.4 Å². The molecule has 6 nitrogen and oxygen atoms in total. The first-order valence-corrected chi connectivity index (χ1v) is 9.64. The number of hydrogen-bond acceptors (Lipinski definition) is 3. The van der Waals surface area contributed by atoms with Gasteiger partial charge < -0.3 is 15.5 Å². The van der Waals surface area contributed by atoms with Crippen LogP contribution in [0.1, 0.15) is 42.1 Å². The molecule has 3 rings (SSSR count). The highest BCUT2D eigenvalue weighted by molar-refractivity contribution is 6.00. The average molecular weight is 379 g/mol. The minimum absolute atomic E-state index is 0.108. The molecule has 146 valence electrons. The fraction of sp³-hybridized carbons (Fsp3) is 0.318. The molecule has 0 aromatic heterocycles. The Morgan fingerprint density at radius 1 is 1.04 bits per heavy atom. The molecule has 28 heavy (non-hydrogen) atoms. The van der Waals surface area contributed by atoms with E-state index in [4.69, 9.17) is 0 Å². The van der Waals surface area contributed by atoms with E-state index in [1.54, 1.807) is 29.2 Å². The van der Waals surface area contributed by atoms with Gasteiger partial charge in [0.1, 0.15) is 0 Å². The van der Waals surface area contributed by atoms with Crippen molar-refractivity contribution in [2.24, 2.45) is 0 Å². The highest BCUT2D eigenvalue weighted by atomic mass is 16.2. The van der Waals surface area contributed by atoms with Gasteiger partial charge in [0, 0.05) is 29.9 Å². The summed E-state index contributed by atoms with van der Waals surface area (Å²) in [6.07, 6.45) is 3.51. The standard InChI is InChI=1S/C22H25N3O3/c1-2-4-16-6-10-18(11-7-16)24-20(26)15-23-22(28)17-8-12-19(13-9-17)25-14-3-5-21(25)27/h6-13H,2-5,14-15H2,1H3,(H,23,28)(H,24,26). The predicted molar refractivity (Wildman–Crippen MR) is 109 cm³/mol. The van der Waals surface area contributed by atoms with E-state index in [2.05, 4.69) is 17.6 Å². The Kier molecular flexibility index (Phi) is 6.42. The number of aryl methyl sites for hydroxylation is 1. The smallest absolute Gasteiger partial charge is 0.251 e. The van der Waals surface area contributed by atoms with Crippen molar-refractivity contribution in [2.45, 2.75) is 32.6 Å². The monoisotopic (exact) mass is 379 g/mol. The number of rotatable bonds is 7. The molecule has 0 spiro atoms. The second-order valence-corrected chi connectivity index (χ2v) is 6.87. The van der Waals surface area contributed by atoms with Crippen LogP contribution < -0.4 is 15.5 Å². The van der Waals surface area contributed by atoms with E-state index >= 15 is 0 Å². The van der Waals surface area contributed by atoms with Crippen molar-refractivity contribution in [1.82, 2.24) is 5.32 Å². The predicted octanol–water partition coefficient (Wildman–Crippen LogP) is 3.13. The highest BCUT2D eigenvalue weighted by Gasteiger charge is 2.21. The molecule has 2 N–H and O–H groups in total. The summed E-state index contributed by atoms with van der Waals surface area (Å²) in [6, 6.07) is 14.6. The number of benzene rings is 2. The molecule has 0 aliphatic carbocycles. The first kappa shape index (κ1) is 19.6. The maximum absolute atomic E-state index is 12.2. The van der Waals surface area contributed by atoms with Crippen LogP contribution in [0.25, 0.3) is 0 Å². The van der Waals surface area contributed by atoms with Crippen molar-refractivity contribution >= 4 is 29.1 Å². The summed E-state index contributed by atoms with van der Waals surface area (Å²) < 4.78 is 0. The Morgan fingerprint density at radius 3 is 2.36 bits per heavy atom. The quantitative estimate of drug-likeness (QED) is 0.776. The van der Waals surface area contributed by atoms with Gasteiger partial charge in [0.2, 0.25) is 11.8 Å². The average Bonchev–Trinajstić information content (AvgIpc) is 3.14. The minimum Gasteiger partial charge on any atom is -0.343 e. The van der Waals surface area contributed by atoms with Crippen LogP contribution in [-0.4, -0.2) is 30.8 Å². The first-order valence-electron chi connectivity index (χ1n) is 9.64. The fourth-order valence-electron chi connectivity index (χ4n) is 3.23. The van der Waals surface area contributed by atoms with Crippen LogP contribution in [0.4, 0.5) is 11.4 Å². The molecule has 0 atom stereocenters. The first-order chi connectivity index (χ1) is 13.6. The summed E-state index contributed by atoms with van der Waals surface area (Å²) in [7, 11) is 0. The number of carbonyl (C=O) groups excluding carboxylic acids is 3. The molecule has 1 aliphatic heterocycles. The zero-order chi connectivity index (χ0) is 19.9. The molecular weight excluding hydrogens is 354 g/mol. The van der Waals surface area contributed by atoms with Crippen molar-refractivity contribution in [3.63, 3.8) is 0 Å². The summed E-state index contributed by atoms with van der Waals surface area (Å²) in [5.74, 6) is -0.500. The van der Waals surface area contributed by atoms with E-state index in [1.807, 2.05) is 24.3 Å². The number of anilines is 2. The lowest BCUT2D eigenvalue weighted by atomic mass is 10.1. The number of amides is 3. The van der Waals surface area contributed by atoms with Gasteiger partial charge in [0.15, 0.2) is 0 Å². The van der Waals surface area contributed by atoms with Gasteiger partial charge in [-0.15, -0.1) is 0 Å². The van der Waals surface area contributed by atoms with E-state index in [0.717, 1.165) is 24.9 Å². The SMILES string of the molecule is CCCc1ccc(NC(=O)CNC(=O)c2ccc(N3CCCC3=O)cc2)cc1. The summed E-state index contributed by atoms with van der Waals surface area (Å²) in [5, 5.41) is 5.39. The van der Waals surface area contributed by atoms with Crippen molar-refractivity contribution in [3.8, 4) is 0 Å². The number of carbonyl (C=O) groups is 3. The number of nitrogens with zero attached hydrogens (tertiary/aromatic N) is 1. The third-order valence-corrected chi connectivity index (χ3v) is 4.70. The summed E-state index contributed by atoms with van der Waals surface area (Å²) in [4.78, 5) is 37.8. The van der Waals surface area contributed by atoms with Gasteiger partial charge in [0.05, 0.1) is 6.54 Å². The van der Waals surface area contributed by atoms with Gasteiger partial charge >= 0.3 is 0 Å². The Hall–Kier alpha value is -3.15. The second kappa shape index (κ2) is 9.17. The molecule has 0 bridgehead atoms. The van der Waals surface area contributed by atoms with Crippen LogP contribution in [0, 0.1) is 0 Å². The van der Waals surface area contributed by atoms with Gasteiger partial charge in [-0.25, -0.2) is 0 Å². The summed E-state index contributed by atoms with van der Waals surface area (Å²) in [5.41, 5.74) is 3.18. The zero-order valence-electron chi connectivity index (χ0n) is 16.0. The third-order valence-electron chi connectivity index (χ3n) is 4.70. The molecule has 0 saturated carbocycles. The highest BCUT2D eigenvalue weighted by Crippen LogP contribution is 2.21. The maximum Gasteiger partial charge on any atom is 0.251 e. The lowest BCUT2D eigenvalue weighted by Gasteiger charge is -2.15. The maximum atomic E-state index is 12.2. The van der Waals surface area contributed by atoms with Crippen molar-refractivity contribution < 1.29 is 14.4 Å². The molecule has 1 aliphatic rings. The molecule has 2 aromatic rings. The van der Waals surface area contributed by atoms with Gasteiger partial charge in [-0.05, 0) is 54.8 Å². The lowest BCUT2D eigenvalue weighted by molar-refractivity contribution is -0.117. The topological polar surface area (TPSA) is 78.5 Å². The molecule has 3 amide bonds. The van der Waals surface area contributed by atoms with Crippen LogP contribution in [0.15, 0.2) is 48.5 Å². The van der Waals surface area contributed by atoms with Gasteiger partial charge in [-0.1, -0.05) is 25.5 Å². The fourth-order valence-corrected chi connectivity index (χ4v) is 3.23. The normalized spacial score (nSPS) is 13.5. The Morgan fingerprint density at radius 2 is 1.75 bits per heavy atom. The molecule has 1 saturated heterocycles. The molecular formula is C22H25N3O3. The number of hydrogen-bond donors (Lipinski definition) is 2. The van der Waals surface area contributed by atoms with Gasteiger partial charge in [-0.3, -0.25) is 14.4 Å². The van der Waals surface area contributed by atoms with E-state index in [1.165, 1.54) is 5.56 Å². The van der Waals surface area contributed by atoms with Crippen LogP contribution in [0.3, 0.4) is 0 Å².